The molecule has 0 unspecified atom stereocenters. The third-order valence-electron chi connectivity index (χ3n) is 3.25. The molecule has 1 aromatic heterocycles. The lowest BCUT2D eigenvalue weighted by atomic mass is 10.2. The lowest BCUT2D eigenvalue weighted by Gasteiger charge is -2.04. The second-order valence-electron chi connectivity index (χ2n) is 5.04. The average Bonchev–Trinajstić information content (AvgIpc) is 3.08. The molecule has 0 radical (unpaired) electrons. The molecule has 108 valence electrons. The maximum absolute atomic E-state index is 12.1. The largest absolute Gasteiger partial charge is 0.313 e. The maximum Gasteiger partial charge on any atom is 0.250 e. The van der Waals surface area contributed by atoms with E-state index in [1.54, 1.807) is 6.07 Å². The monoisotopic (exact) mass is 302 g/mol. The summed E-state index contributed by atoms with van der Waals surface area (Å²) in [5.74, 6) is 0.859. The van der Waals surface area contributed by atoms with Crippen LogP contribution in [0, 0.1) is 5.92 Å². The van der Waals surface area contributed by atoms with E-state index in [9.17, 15) is 8.42 Å². The summed E-state index contributed by atoms with van der Waals surface area (Å²) in [5, 5.41) is 5.10. The Hall–Kier alpha value is -0.430. The lowest BCUT2D eigenvalue weighted by Crippen LogP contribution is -2.24. The van der Waals surface area contributed by atoms with Crippen LogP contribution in [0.5, 0.6) is 0 Å². The van der Waals surface area contributed by atoms with Gasteiger partial charge in [0.2, 0.25) is 10.0 Å². The molecule has 0 amide bonds. The summed E-state index contributed by atoms with van der Waals surface area (Å²) in [4.78, 5) is 0. The topological polar surface area (TPSA) is 58.2 Å². The SMILES string of the molecule is CCNCc1csc(S(=O)(=O)NCCCC2CC2)c1. The Bertz CT molecular complexity index is 492. The van der Waals surface area contributed by atoms with Gasteiger partial charge in [-0.3, -0.25) is 0 Å². The van der Waals surface area contributed by atoms with Crippen LogP contribution in [-0.4, -0.2) is 21.5 Å². The van der Waals surface area contributed by atoms with Gasteiger partial charge in [-0.15, -0.1) is 11.3 Å². The van der Waals surface area contributed by atoms with Gasteiger partial charge in [0.05, 0.1) is 0 Å². The molecule has 0 atom stereocenters. The predicted molar refractivity (Wildman–Crippen MR) is 78.8 cm³/mol. The van der Waals surface area contributed by atoms with Crippen molar-refractivity contribution in [2.24, 2.45) is 5.92 Å². The van der Waals surface area contributed by atoms with Crippen molar-refractivity contribution in [1.82, 2.24) is 10.0 Å². The molecule has 2 N–H and O–H groups in total. The minimum Gasteiger partial charge on any atom is -0.313 e. The summed E-state index contributed by atoms with van der Waals surface area (Å²) in [6, 6.07) is 1.76. The molecule has 19 heavy (non-hydrogen) atoms. The highest BCUT2D eigenvalue weighted by molar-refractivity contribution is 7.91. The number of sulfonamides is 1. The van der Waals surface area contributed by atoms with Gasteiger partial charge in [-0.2, -0.15) is 0 Å². The van der Waals surface area contributed by atoms with Crippen molar-refractivity contribution in [2.75, 3.05) is 13.1 Å². The minimum atomic E-state index is -3.30. The van der Waals surface area contributed by atoms with Crippen LogP contribution >= 0.6 is 11.3 Å². The minimum absolute atomic E-state index is 0.423. The molecule has 0 bridgehead atoms. The fourth-order valence-electron chi connectivity index (χ4n) is 1.93. The quantitative estimate of drug-likeness (QED) is 0.688. The molecule has 0 aromatic carbocycles. The van der Waals surface area contributed by atoms with Gasteiger partial charge in [0.15, 0.2) is 0 Å². The third kappa shape index (κ3) is 4.87. The Balaban J connectivity index is 1.81. The van der Waals surface area contributed by atoms with E-state index in [1.807, 2.05) is 12.3 Å². The number of hydrogen-bond donors (Lipinski definition) is 2. The smallest absolute Gasteiger partial charge is 0.250 e. The van der Waals surface area contributed by atoms with Crippen LogP contribution in [0.1, 0.15) is 38.2 Å². The first-order chi connectivity index (χ1) is 9.12. The molecule has 6 heteroatoms. The first kappa shape index (κ1) is 15.0. The van der Waals surface area contributed by atoms with Gasteiger partial charge in [-0.05, 0) is 42.3 Å². The highest BCUT2D eigenvalue weighted by Gasteiger charge is 2.21. The molecule has 4 nitrogen and oxygen atoms in total. The molecule has 1 heterocycles. The normalized spacial score (nSPS) is 15.8. The number of nitrogens with one attached hydrogen (secondary N) is 2. The summed E-state index contributed by atoms with van der Waals surface area (Å²) in [7, 11) is -3.30. The van der Waals surface area contributed by atoms with Crippen molar-refractivity contribution in [3.8, 4) is 0 Å². The van der Waals surface area contributed by atoms with E-state index in [0.717, 1.165) is 37.4 Å². The van der Waals surface area contributed by atoms with Crippen molar-refractivity contribution < 1.29 is 8.42 Å². The van der Waals surface area contributed by atoms with E-state index < -0.39 is 10.0 Å². The van der Waals surface area contributed by atoms with E-state index >= 15 is 0 Å². The van der Waals surface area contributed by atoms with Crippen LogP contribution in [0.4, 0.5) is 0 Å². The van der Waals surface area contributed by atoms with Crippen LogP contribution in [0.2, 0.25) is 0 Å². The molecule has 1 aliphatic rings. The molecule has 0 spiro atoms. The molecule has 1 aliphatic carbocycles. The molecule has 1 saturated carbocycles. The Morgan fingerprint density at radius 3 is 2.89 bits per heavy atom. The first-order valence-electron chi connectivity index (χ1n) is 6.89. The highest BCUT2D eigenvalue weighted by atomic mass is 32.2. The molecule has 2 rings (SSSR count). The lowest BCUT2D eigenvalue weighted by molar-refractivity contribution is 0.574. The van der Waals surface area contributed by atoms with Crippen LogP contribution < -0.4 is 10.0 Å². The van der Waals surface area contributed by atoms with Crippen molar-refractivity contribution in [3.05, 3.63) is 17.0 Å². The zero-order chi connectivity index (χ0) is 13.7. The van der Waals surface area contributed by atoms with Crippen molar-refractivity contribution >= 4 is 21.4 Å². The Kier molecular flexibility index (Phi) is 5.38. The second kappa shape index (κ2) is 6.83. The fraction of sp³-hybridized carbons (Fsp3) is 0.692. The van der Waals surface area contributed by atoms with E-state index in [4.69, 9.17) is 0 Å². The van der Waals surface area contributed by atoms with Gasteiger partial charge < -0.3 is 5.32 Å². The van der Waals surface area contributed by atoms with E-state index in [0.29, 0.717) is 10.8 Å². The van der Waals surface area contributed by atoms with Gasteiger partial charge in [-0.1, -0.05) is 19.8 Å². The highest BCUT2D eigenvalue weighted by Crippen LogP contribution is 2.33. The molecule has 0 saturated heterocycles. The predicted octanol–water partition coefficient (Wildman–Crippen LogP) is 2.33. The number of hydrogen-bond acceptors (Lipinski definition) is 4. The van der Waals surface area contributed by atoms with E-state index in [-0.39, 0.29) is 0 Å². The maximum atomic E-state index is 12.1. The summed E-state index contributed by atoms with van der Waals surface area (Å²) in [6.45, 7) is 4.20. The molecule has 1 aromatic rings. The Morgan fingerprint density at radius 1 is 1.42 bits per heavy atom. The standard InChI is InChI=1S/C13H22N2O2S2/c1-2-14-9-12-8-13(18-10-12)19(16,17)15-7-3-4-11-5-6-11/h8,10-11,14-15H,2-7,9H2,1H3. The Labute approximate surface area is 119 Å². The van der Waals surface area contributed by atoms with Gasteiger partial charge in [-0.25, -0.2) is 13.1 Å². The average molecular weight is 302 g/mol. The fourth-order valence-corrected chi connectivity index (χ4v) is 4.26. The van der Waals surface area contributed by atoms with Crippen LogP contribution in [0.15, 0.2) is 15.7 Å². The summed E-state index contributed by atoms with van der Waals surface area (Å²) in [6.07, 6.45) is 4.75. The van der Waals surface area contributed by atoms with Crippen LogP contribution in [0.25, 0.3) is 0 Å². The van der Waals surface area contributed by atoms with Crippen LogP contribution in [0.3, 0.4) is 0 Å². The molecular formula is C13H22N2O2S2. The second-order valence-corrected chi connectivity index (χ2v) is 7.94. The van der Waals surface area contributed by atoms with E-state index in [2.05, 4.69) is 10.0 Å². The third-order valence-corrected chi connectivity index (χ3v) is 6.20. The summed E-state index contributed by atoms with van der Waals surface area (Å²) < 4.78 is 27.2. The zero-order valence-corrected chi connectivity index (χ0v) is 12.9. The van der Waals surface area contributed by atoms with Gasteiger partial charge in [0, 0.05) is 13.1 Å². The van der Waals surface area contributed by atoms with E-state index in [1.165, 1.54) is 24.2 Å². The van der Waals surface area contributed by atoms with Gasteiger partial charge in [0.25, 0.3) is 0 Å². The van der Waals surface area contributed by atoms with Gasteiger partial charge >= 0.3 is 0 Å². The van der Waals surface area contributed by atoms with Crippen molar-refractivity contribution in [3.63, 3.8) is 0 Å². The summed E-state index contributed by atoms with van der Waals surface area (Å²) >= 11 is 1.29. The Morgan fingerprint density at radius 2 is 2.21 bits per heavy atom. The van der Waals surface area contributed by atoms with Crippen LogP contribution in [-0.2, 0) is 16.6 Å². The summed E-state index contributed by atoms with van der Waals surface area (Å²) in [5.41, 5.74) is 1.03. The number of thiophene rings is 1. The first-order valence-corrected chi connectivity index (χ1v) is 9.26. The van der Waals surface area contributed by atoms with Gasteiger partial charge in [0.1, 0.15) is 4.21 Å². The molecule has 1 fully saturated rings. The molecular weight excluding hydrogens is 280 g/mol. The molecule has 0 aliphatic heterocycles. The zero-order valence-electron chi connectivity index (χ0n) is 11.3. The van der Waals surface area contributed by atoms with Crippen molar-refractivity contribution in [1.29, 1.82) is 0 Å². The van der Waals surface area contributed by atoms with Crippen molar-refractivity contribution in [2.45, 2.75) is 43.4 Å². The number of rotatable bonds is 9.